The lowest BCUT2D eigenvalue weighted by molar-refractivity contribution is -0.0248. The first-order valence-corrected chi connectivity index (χ1v) is 13.3. The fourth-order valence-electron chi connectivity index (χ4n) is 5.28. The molecule has 1 aromatic carbocycles. The van der Waals surface area contributed by atoms with Gasteiger partial charge in [0.1, 0.15) is 0 Å². The molecule has 4 heterocycles. The Bertz CT molecular complexity index is 1440. The van der Waals surface area contributed by atoms with Gasteiger partial charge in [-0.05, 0) is 44.7 Å². The third-order valence-electron chi connectivity index (χ3n) is 7.76. The van der Waals surface area contributed by atoms with Gasteiger partial charge in [0.15, 0.2) is 5.82 Å². The van der Waals surface area contributed by atoms with Gasteiger partial charge >= 0.3 is 0 Å². The number of hydrogen-bond acceptors (Lipinski definition) is 9. The Morgan fingerprint density at radius 1 is 1.21 bits per heavy atom. The number of nitrogens with one attached hydrogen (secondary N) is 2. The summed E-state index contributed by atoms with van der Waals surface area (Å²) >= 11 is 6.95. The number of rotatable bonds is 6. The average molecular weight is 533 g/mol. The molecule has 0 bridgehead atoms. The van der Waals surface area contributed by atoms with Crippen LogP contribution >= 0.6 is 11.6 Å². The SMILES string of the molecule is [C-]#[N+]c1cnc2c(NC3CC3)nc(Nc3cc(C#N)cc(N4CCC(C)(N5CCOCC5)CC4)c3Cl)nn12. The van der Waals surface area contributed by atoms with E-state index in [1.54, 1.807) is 6.07 Å². The predicted molar refractivity (Wildman–Crippen MR) is 145 cm³/mol. The molecule has 1 aliphatic carbocycles. The zero-order chi connectivity index (χ0) is 26.3. The van der Waals surface area contributed by atoms with Gasteiger partial charge in [-0.15, -0.1) is 4.52 Å². The van der Waals surface area contributed by atoms with E-state index in [-0.39, 0.29) is 11.5 Å². The van der Waals surface area contributed by atoms with E-state index in [4.69, 9.17) is 22.9 Å². The van der Waals surface area contributed by atoms with Gasteiger partial charge < -0.3 is 25.1 Å². The summed E-state index contributed by atoms with van der Waals surface area (Å²) in [7, 11) is 0. The summed E-state index contributed by atoms with van der Waals surface area (Å²) in [5.41, 5.74) is 2.49. The van der Waals surface area contributed by atoms with Crippen LogP contribution in [0.5, 0.6) is 0 Å². The number of fused-ring (bicyclic) bond motifs is 1. The van der Waals surface area contributed by atoms with E-state index < -0.39 is 0 Å². The molecule has 0 atom stereocenters. The molecule has 11 nitrogen and oxygen atoms in total. The number of nitrogens with zero attached hydrogens (tertiary/aromatic N) is 8. The lowest BCUT2D eigenvalue weighted by Gasteiger charge is -2.48. The van der Waals surface area contributed by atoms with Gasteiger partial charge in [-0.3, -0.25) is 4.90 Å². The second-order valence-electron chi connectivity index (χ2n) is 10.3. The van der Waals surface area contributed by atoms with E-state index in [2.05, 4.69) is 53.3 Å². The van der Waals surface area contributed by atoms with E-state index >= 15 is 0 Å². The standard InChI is InChI=1S/C26H29ClN10O/c1-26(36-9-11-38-12-10-36)5-7-35(8-6-26)20-14-17(15-28)13-19(22(20)27)32-25-33-23(31-18-3-4-18)24-30-16-21(29-2)37(24)34-25/h13-14,16,18H,3-12H2,1H3,(H2,31,32,33,34). The molecule has 6 rings (SSSR count). The summed E-state index contributed by atoms with van der Waals surface area (Å²) in [6.07, 6.45) is 5.61. The number of halogens is 1. The van der Waals surface area contributed by atoms with Crippen molar-refractivity contribution in [1.82, 2.24) is 24.5 Å². The Hall–Kier alpha value is -3.64. The van der Waals surface area contributed by atoms with E-state index in [0.29, 0.717) is 39.6 Å². The number of benzene rings is 1. The van der Waals surface area contributed by atoms with Crippen LogP contribution < -0.4 is 15.5 Å². The van der Waals surface area contributed by atoms with E-state index in [1.807, 2.05) is 6.07 Å². The number of imidazole rings is 1. The van der Waals surface area contributed by atoms with Gasteiger partial charge in [0.2, 0.25) is 0 Å². The molecule has 196 valence electrons. The highest BCUT2D eigenvalue weighted by Gasteiger charge is 2.37. The molecule has 1 saturated carbocycles. The van der Waals surface area contributed by atoms with Crippen LogP contribution in [0.1, 0.15) is 38.2 Å². The molecule has 38 heavy (non-hydrogen) atoms. The summed E-state index contributed by atoms with van der Waals surface area (Å²) in [5, 5.41) is 21.4. The van der Waals surface area contributed by atoms with Gasteiger partial charge in [-0.2, -0.15) is 10.2 Å². The van der Waals surface area contributed by atoms with Crippen LogP contribution in [-0.4, -0.2) is 75.5 Å². The molecular formula is C26H29ClN10O. The molecule has 3 fully saturated rings. The summed E-state index contributed by atoms with van der Waals surface area (Å²) in [4.78, 5) is 17.3. The quantitative estimate of drug-likeness (QED) is 0.451. The Kier molecular flexibility index (Phi) is 6.44. The van der Waals surface area contributed by atoms with Crippen molar-refractivity contribution in [1.29, 1.82) is 5.26 Å². The first-order valence-electron chi connectivity index (χ1n) is 13.0. The third-order valence-corrected chi connectivity index (χ3v) is 8.16. The van der Waals surface area contributed by atoms with Crippen LogP contribution in [0.4, 0.5) is 29.0 Å². The van der Waals surface area contributed by atoms with Gasteiger partial charge in [0, 0.05) is 37.8 Å². The molecule has 3 aliphatic rings. The molecule has 0 amide bonds. The largest absolute Gasteiger partial charge is 0.379 e. The Balaban J connectivity index is 1.28. The van der Waals surface area contributed by atoms with Crippen molar-refractivity contribution < 1.29 is 4.74 Å². The molecule has 0 radical (unpaired) electrons. The van der Waals surface area contributed by atoms with Crippen molar-refractivity contribution in [2.45, 2.75) is 44.2 Å². The molecule has 2 N–H and O–H groups in total. The smallest absolute Gasteiger partial charge is 0.275 e. The van der Waals surface area contributed by atoms with Gasteiger partial charge in [0.05, 0.1) is 47.4 Å². The average Bonchev–Trinajstić information content (AvgIpc) is 3.66. The second-order valence-corrected chi connectivity index (χ2v) is 10.7. The minimum absolute atomic E-state index is 0.125. The van der Waals surface area contributed by atoms with Crippen LogP contribution in [0.15, 0.2) is 18.3 Å². The third kappa shape index (κ3) is 4.69. The fourth-order valence-corrected chi connectivity index (χ4v) is 5.56. The first-order chi connectivity index (χ1) is 18.5. The molecule has 0 spiro atoms. The molecule has 0 unspecified atom stereocenters. The summed E-state index contributed by atoms with van der Waals surface area (Å²) in [5.74, 6) is 1.12. The van der Waals surface area contributed by atoms with Crippen LogP contribution in [0.3, 0.4) is 0 Å². The second kappa shape index (κ2) is 9.91. The van der Waals surface area contributed by atoms with E-state index in [0.717, 1.165) is 70.8 Å². The fraction of sp³-hybridized carbons (Fsp3) is 0.500. The monoisotopic (exact) mass is 532 g/mol. The van der Waals surface area contributed by atoms with Crippen molar-refractivity contribution in [3.05, 3.63) is 40.3 Å². The lowest BCUT2D eigenvalue weighted by atomic mass is 9.87. The van der Waals surface area contributed by atoms with Gasteiger partial charge in [-0.25, -0.2) is 4.98 Å². The minimum atomic E-state index is 0.125. The summed E-state index contributed by atoms with van der Waals surface area (Å²) in [6.45, 7) is 15.0. The van der Waals surface area contributed by atoms with Crippen molar-refractivity contribution >= 4 is 46.2 Å². The van der Waals surface area contributed by atoms with E-state index in [1.165, 1.54) is 10.7 Å². The van der Waals surface area contributed by atoms with Crippen molar-refractivity contribution in [2.24, 2.45) is 0 Å². The Morgan fingerprint density at radius 2 is 1.97 bits per heavy atom. The summed E-state index contributed by atoms with van der Waals surface area (Å²) in [6, 6.07) is 6.16. The van der Waals surface area contributed by atoms with Crippen LogP contribution in [0.25, 0.3) is 10.5 Å². The number of hydrogen-bond donors (Lipinski definition) is 2. The Labute approximate surface area is 226 Å². The predicted octanol–water partition coefficient (Wildman–Crippen LogP) is 4.21. The zero-order valence-electron chi connectivity index (χ0n) is 21.2. The number of nitriles is 1. The zero-order valence-corrected chi connectivity index (χ0v) is 22.0. The molecule has 2 saturated heterocycles. The van der Waals surface area contributed by atoms with Crippen molar-refractivity contribution in [2.75, 3.05) is 54.9 Å². The van der Waals surface area contributed by atoms with Crippen LogP contribution in [0.2, 0.25) is 5.02 Å². The number of ether oxygens (including phenoxy) is 1. The highest BCUT2D eigenvalue weighted by atomic mass is 35.5. The number of anilines is 4. The maximum atomic E-state index is 9.78. The maximum Gasteiger partial charge on any atom is 0.275 e. The summed E-state index contributed by atoms with van der Waals surface area (Å²) < 4.78 is 7.03. The molecular weight excluding hydrogens is 504 g/mol. The van der Waals surface area contributed by atoms with Crippen molar-refractivity contribution in [3.8, 4) is 6.07 Å². The number of morpholine rings is 1. The topological polar surface area (TPSA) is 111 Å². The van der Waals surface area contributed by atoms with Crippen LogP contribution in [-0.2, 0) is 4.74 Å². The highest BCUT2D eigenvalue weighted by molar-refractivity contribution is 6.36. The van der Waals surface area contributed by atoms with Crippen LogP contribution in [0, 0.1) is 17.9 Å². The lowest BCUT2D eigenvalue weighted by Crippen LogP contribution is -2.56. The Morgan fingerprint density at radius 3 is 2.66 bits per heavy atom. The first kappa shape index (κ1) is 24.7. The van der Waals surface area contributed by atoms with Crippen molar-refractivity contribution in [3.63, 3.8) is 0 Å². The number of aromatic nitrogens is 4. The van der Waals surface area contributed by atoms with Gasteiger partial charge in [-0.1, -0.05) is 23.3 Å². The maximum absolute atomic E-state index is 9.78. The minimum Gasteiger partial charge on any atom is -0.379 e. The molecule has 2 aliphatic heterocycles. The molecule has 12 heteroatoms. The number of piperidine rings is 1. The normalized spacial score (nSPS) is 19.6. The highest BCUT2D eigenvalue weighted by Crippen LogP contribution is 2.39. The van der Waals surface area contributed by atoms with Gasteiger partial charge in [0.25, 0.3) is 17.4 Å². The van der Waals surface area contributed by atoms with E-state index in [9.17, 15) is 5.26 Å². The molecule has 2 aromatic heterocycles. The molecule has 3 aromatic rings.